The highest BCUT2D eigenvalue weighted by molar-refractivity contribution is 8.18. The average molecular weight is 402 g/mol. The van der Waals surface area contributed by atoms with E-state index in [9.17, 15) is 9.59 Å². The normalized spacial score (nSPS) is 16.2. The molecule has 0 atom stereocenters. The Morgan fingerprint density at radius 3 is 2.89 bits per heavy atom. The van der Waals surface area contributed by atoms with Crippen molar-refractivity contribution >= 4 is 35.0 Å². The first-order valence-electron chi connectivity index (χ1n) is 8.15. The van der Waals surface area contributed by atoms with Crippen LogP contribution in [0, 0.1) is 11.3 Å². The quantitative estimate of drug-likeness (QED) is 0.232. The Hall–Kier alpha value is -3.32. The lowest BCUT2D eigenvalue weighted by Crippen LogP contribution is -2.19. The number of amides is 1. The van der Waals surface area contributed by atoms with Crippen LogP contribution in [0.5, 0.6) is 11.5 Å². The number of unbranched alkanes of at least 4 members (excludes halogenated alkanes) is 1. The van der Waals surface area contributed by atoms with E-state index in [4.69, 9.17) is 14.7 Å². The molecule has 1 aromatic rings. The Morgan fingerprint density at radius 2 is 2.18 bits per heavy atom. The van der Waals surface area contributed by atoms with Crippen molar-refractivity contribution in [3.8, 4) is 17.6 Å². The van der Waals surface area contributed by atoms with E-state index in [1.807, 2.05) is 0 Å². The van der Waals surface area contributed by atoms with Gasteiger partial charge >= 0.3 is 5.97 Å². The zero-order valence-corrected chi connectivity index (χ0v) is 16.1. The summed E-state index contributed by atoms with van der Waals surface area (Å²) in [5.74, 6) is 0.0327. The molecule has 0 spiro atoms. The molecule has 0 aromatic heterocycles. The Morgan fingerprint density at radius 1 is 1.36 bits per heavy atom. The van der Waals surface area contributed by atoms with Crippen LogP contribution in [0.2, 0.25) is 0 Å². The number of rotatable bonds is 8. The van der Waals surface area contributed by atoms with Gasteiger partial charge in [0, 0.05) is 12.5 Å². The van der Waals surface area contributed by atoms with Crippen molar-refractivity contribution in [1.29, 1.82) is 5.26 Å². The van der Waals surface area contributed by atoms with E-state index in [1.165, 1.54) is 20.4 Å². The molecular formula is C18H18N4O5S. The lowest BCUT2D eigenvalue weighted by atomic mass is 10.2. The zero-order valence-electron chi connectivity index (χ0n) is 15.3. The highest BCUT2D eigenvalue weighted by Gasteiger charge is 2.24. The van der Waals surface area contributed by atoms with Gasteiger partial charge in [0.25, 0.3) is 5.91 Å². The second-order valence-electron chi connectivity index (χ2n) is 5.26. The highest BCUT2D eigenvalue weighted by atomic mass is 32.2. The molecule has 1 saturated heterocycles. The van der Waals surface area contributed by atoms with E-state index in [2.05, 4.69) is 26.3 Å². The maximum Gasteiger partial charge on any atom is 0.331 e. The SMILES string of the molecule is COC(=O)/C=C1/S/C(=N\N=Cc2ccc(OC)c(OCCCC#N)c2)NC1=O. The first kappa shape index (κ1) is 21.0. The van der Waals surface area contributed by atoms with Crippen molar-refractivity contribution in [1.82, 2.24) is 5.32 Å². The summed E-state index contributed by atoms with van der Waals surface area (Å²) in [6, 6.07) is 7.30. The number of nitrogens with zero attached hydrogens (tertiary/aromatic N) is 3. The van der Waals surface area contributed by atoms with Crippen molar-refractivity contribution in [2.45, 2.75) is 12.8 Å². The Balaban J connectivity index is 2.04. The molecule has 9 nitrogen and oxygen atoms in total. The van der Waals surface area contributed by atoms with Gasteiger partial charge in [0.1, 0.15) is 0 Å². The number of benzene rings is 1. The van der Waals surface area contributed by atoms with Gasteiger partial charge in [0.05, 0.1) is 38.0 Å². The monoisotopic (exact) mass is 402 g/mol. The molecule has 0 radical (unpaired) electrons. The molecule has 0 aliphatic carbocycles. The summed E-state index contributed by atoms with van der Waals surface area (Å²) < 4.78 is 15.4. The van der Waals surface area contributed by atoms with Gasteiger partial charge in [-0.15, -0.1) is 5.10 Å². The minimum Gasteiger partial charge on any atom is -0.493 e. The number of amidine groups is 1. The van der Waals surface area contributed by atoms with Gasteiger partial charge in [0.2, 0.25) is 0 Å². The summed E-state index contributed by atoms with van der Waals surface area (Å²) in [5.41, 5.74) is 0.708. The van der Waals surface area contributed by atoms with Crippen LogP contribution in [-0.4, -0.2) is 44.1 Å². The molecule has 1 amide bonds. The number of ether oxygens (including phenoxy) is 3. The summed E-state index contributed by atoms with van der Waals surface area (Å²) in [6.07, 6.45) is 3.61. The van der Waals surface area contributed by atoms with Gasteiger partial charge in [-0.1, -0.05) is 0 Å². The molecule has 1 heterocycles. The standard InChI is InChI=1S/C18H18N4O5S/c1-25-13-6-5-12(9-14(13)27-8-4-3-7-19)11-20-22-18-21-17(24)15(28-18)10-16(23)26-2/h5-6,9-11H,3-4,8H2,1-2H3,(H,21,22,24)/b15-10+,20-11?. The fourth-order valence-electron chi connectivity index (χ4n) is 2.01. The van der Waals surface area contributed by atoms with Crippen LogP contribution in [0.4, 0.5) is 0 Å². The minimum atomic E-state index is -0.622. The van der Waals surface area contributed by atoms with Crippen molar-refractivity contribution in [2.75, 3.05) is 20.8 Å². The molecule has 28 heavy (non-hydrogen) atoms. The second kappa shape index (κ2) is 10.7. The smallest absolute Gasteiger partial charge is 0.331 e. The molecule has 1 aliphatic rings. The molecule has 1 aliphatic heterocycles. The summed E-state index contributed by atoms with van der Waals surface area (Å²) in [6.45, 7) is 0.394. The lowest BCUT2D eigenvalue weighted by Gasteiger charge is -2.10. The molecule has 10 heteroatoms. The number of hydrogen-bond acceptors (Lipinski definition) is 9. The van der Waals surface area contributed by atoms with Gasteiger partial charge in [-0.05, 0) is 41.9 Å². The minimum absolute atomic E-state index is 0.179. The van der Waals surface area contributed by atoms with Crippen LogP contribution in [0.3, 0.4) is 0 Å². The van der Waals surface area contributed by atoms with Gasteiger partial charge in [-0.3, -0.25) is 10.1 Å². The number of hydrogen-bond donors (Lipinski definition) is 1. The molecule has 0 saturated carbocycles. The molecule has 0 unspecified atom stereocenters. The number of nitrogens with one attached hydrogen (secondary N) is 1. The number of methoxy groups -OCH3 is 2. The van der Waals surface area contributed by atoms with Crippen molar-refractivity contribution < 1.29 is 23.8 Å². The highest BCUT2D eigenvalue weighted by Crippen LogP contribution is 2.28. The Kier molecular flexibility index (Phi) is 8.05. The van der Waals surface area contributed by atoms with Crippen LogP contribution in [0.1, 0.15) is 18.4 Å². The van der Waals surface area contributed by atoms with Crippen molar-refractivity contribution in [3.63, 3.8) is 0 Å². The predicted molar refractivity (Wildman–Crippen MR) is 104 cm³/mol. The third-order valence-corrected chi connectivity index (χ3v) is 4.23. The van der Waals surface area contributed by atoms with Crippen molar-refractivity contribution in [3.05, 3.63) is 34.7 Å². The molecule has 2 rings (SSSR count). The first-order chi connectivity index (χ1) is 13.6. The fraction of sp³-hybridized carbons (Fsp3) is 0.278. The Bertz CT molecular complexity index is 873. The fourth-order valence-corrected chi connectivity index (χ4v) is 2.75. The average Bonchev–Trinajstić information content (AvgIpc) is 3.04. The number of carbonyl (C=O) groups is 2. The summed E-state index contributed by atoms with van der Waals surface area (Å²) in [7, 11) is 2.77. The van der Waals surface area contributed by atoms with Crippen LogP contribution in [-0.2, 0) is 14.3 Å². The lowest BCUT2D eigenvalue weighted by molar-refractivity contribution is -0.135. The van der Waals surface area contributed by atoms with Crippen LogP contribution < -0.4 is 14.8 Å². The Labute approximate surface area is 166 Å². The van der Waals surface area contributed by atoms with E-state index >= 15 is 0 Å². The predicted octanol–water partition coefficient (Wildman–Crippen LogP) is 1.99. The third-order valence-electron chi connectivity index (χ3n) is 3.33. The molecule has 0 bridgehead atoms. The molecule has 1 N–H and O–H groups in total. The van der Waals surface area contributed by atoms with E-state index in [1.54, 1.807) is 18.2 Å². The first-order valence-corrected chi connectivity index (χ1v) is 8.96. The maximum atomic E-state index is 11.7. The number of esters is 1. The van der Waals surface area contributed by atoms with Crippen molar-refractivity contribution in [2.24, 2.45) is 10.2 Å². The summed E-state index contributed by atoms with van der Waals surface area (Å²) in [5, 5.41) is 19.2. The van der Waals surface area contributed by atoms with Gasteiger partial charge in [0.15, 0.2) is 16.7 Å². The van der Waals surface area contributed by atoms with Gasteiger partial charge in [-0.2, -0.15) is 10.4 Å². The van der Waals surface area contributed by atoms with Gasteiger partial charge in [-0.25, -0.2) is 4.79 Å². The summed E-state index contributed by atoms with van der Waals surface area (Å²) >= 11 is 0.987. The van der Waals surface area contributed by atoms with E-state index in [-0.39, 0.29) is 10.1 Å². The largest absolute Gasteiger partial charge is 0.493 e. The van der Waals surface area contributed by atoms with E-state index < -0.39 is 11.9 Å². The second-order valence-corrected chi connectivity index (χ2v) is 6.29. The molecule has 1 fully saturated rings. The van der Waals surface area contributed by atoms with Crippen LogP contribution in [0.25, 0.3) is 0 Å². The molecule has 146 valence electrons. The number of carbonyl (C=O) groups excluding carboxylic acids is 2. The number of nitriles is 1. The third kappa shape index (κ3) is 6.14. The van der Waals surface area contributed by atoms with Gasteiger partial charge < -0.3 is 14.2 Å². The summed E-state index contributed by atoms with van der Waals surface area (Å²) in [4.78, 5) is 23.1. The number of thioether (sulfide) groups is 1. The maximum absolute atomic E-state index is 11.7. The zero-order chi connectivity index (χ0) is 20.4. The van der Waals surface area contributed by atoms with Crippen LogP contribution in [0.15, 0.2) is 39.4 Å². The van der Waals surface area contributed by atoms with E-state index in [0.717, 1.165) is 17.8 Å². The topological polar surface area (TPSA) is 122 Å². The van der Waals surface area contributed by atoms with E-state index in [0.29, 0.717) is 36.5 Å². The molecule has 1 aromatic carbocycles. The molecular weight excluding hydrogens is 384 g/mol. The van der Waals surface area contributed by atoms with Crippen LogP contribution >= 0.6 is 11.8 Å².